The molecule has 0 radical (unpaired) electrons. The second-order valence-electron chi connectivity index (χ2n) is 7.36. The van der Waals surface area contributed by atoms with Crippen molar-refractivity contribution in [3.05, 3.63) is 89.5 Å². The predicted molar refractivity (Wildman–Crippen MR) is 118 cm³/mol. The number of carbonyl (C=O) groups excluding carboxylic acids is 1. The molecule has 3 aromatic rings. The van der Waals surface area contributed by atoms with E-state index in [2.05, 4.69) is 5.10 Å². The first-order valence-electron chi connectivity index (χ1n) is 10.1. The second kappa shape index (κ2) is 8.92. The average Bonchev–Trinajstić information content (AvgIpc) is 3.24. The first kappa shape index (κ1) is 20.5. The molecule has 1 heterocycles. The number of aromatic hydroxyl groups is 1. The van der Waals surface area contributed by atoms with Crippen LogP contribution >= 0.6 is 0 Å². The molecule has 0 saturated carbocycles. The van der Waals surface area contributed by atoms with Crippen LogP contribution in [0.15, 0.2) is 77.9 Å². The molecule has 0 fully saturated rings. The molecule has 0 aromatic heterocycles. The summed E-state index contributed by atoms with van der Waals surface area (Å²) in [5.74, 6) is 1.30. The number of phenols is 1. The molecule has 0 saturated heterocycles. The van der Waals surface area contributed by atoms with Crippen LogP contribution in [0.5, 0.6) is 17.2 Å². The molecule has 1 aliphatic heterocycles. The minimum atomic E-state index is -0.238. The van der Waals surface area contributed by atoms with Crippen LogP contribution in [-0.2, 0) is 11.4 Å². The predicted octanol–water partition coefficient (Wildman–Crippen LogP) is 4.68. The van der Waals surface area contributed by atoms with Crippen LogP contribution in [0.2, 0.25) is 0 Å². The zero-order chi connectivity index (χ0) is 21.8. The summed E-state index contributed by atoms with van der Waals surface area (Å²) < 4.78 is 11.5. The summed E-state index contributed by atoms with van der Waals surface area (Å²) in [5.41, 5.74) is 3.65. The summed E-state index contributed by atoms with van der Waals surface area (Å²) in [6.45, 7) is 1.94. The summed E-state index contributed by atoms with van der Waals surface area (Å²) >= 11 is 0. The van der Waals surface area contributed by atoms with Gasteiger partial charge in [0.15, 0.2) is 11.5 Å². The van der Waals surface area contributed by atoms with E-state index in [1.807, 2.05) is 48.5 Å². The quantitative estimate of drug-likeness (QED) is 0.634. The van der Waals surface area contributed by atoms with Gasteiger partial charge in [0.1, 0.15) is 12.4 Å². The van der Waals surface area contributed by atoms with E-state index in [1.54, 1.807) is 31.4 Å². The fourth-order valence-electron chi connectivity index (χ4n) is 3.63. The number of carbonyl (C=O) groups is 1. The molecular formula is C25H24N2O4. The Labute approximate surface area is 181 Å². The molecular weight excluding hydrogens is 392 g/mol. The second-order valence-corrected chi connectivity index (χ2v) is 7.36. The van der Waals surface area contributed by atoms with Gasteiger partial charge < -0.3 is 14.6 Å². The van der Waals surface area contributed by atoms with Crippen LogP contribution < -0.4 is 9.47 Å². The zero-order valence-corrected chi connectivity index (χ0v) is 17.5. The molecule has 0 spiro atoms. The molecule has 0 unspecified atom stereocenters. The fourth-order valence-corrected chi connectivity index (χ4v) is 3.63. The maximum Gasteiger partial charge on any atom is 0.240 e. The van der Waals surface area contributed by atoms with Crippen molar-refractivity contribution in [2.75, 3.05) is 7.11 Å². The molecule has 158 valence electrons. The summed E-state index contributed by atoms with van der Waals surface area (Å²) in [5, 5.41) is 15.6. The van der Waals surface area contributed by atoms with Gasteiger partial charge in [-0.05, 0) is 53.1 Å². The van der Waals surface area contributed by atoms with Crippen molar-refractivity contribution in [2.24, 2.45) is 5.10 Å². The third-order valence-electron chi connectivity index (χ3n) is 5.24. The Kier molecular flexibility index (Phi) is 5.89. The highest BCUT2D eigenvalue weighted by atomic mass is 16.5. The van der Waals surface area contributed by atoms with E-state index in [9.17, 15) is 9.90 Å². The lowest BCUT2D eigenvalue weighted by atomic mass is 9.98. The highest BCUT2D eigenvalue weighted by Crippen LogP contribution is 2.37. The van der Waals surface area contributed by atoms with Gasteiger partial charge in [0.05, 0.1) is 18.9 Å². The Hall–Kier alpha value is -3.80. The number of hydrogen-bond acceptors (Lipinski definition) is 5. The van der Waals surface area contributed by atoms with Crippen molar-refractivity contribution in [3.63, 3.8) is 0 Å². The molecule has 6 nitrogen and oxygen atoms in total. The van der Waals surface area contributed by atoms with E-state index < -0.39 is 0 Å². The Morgan fingerprint density at radius 1 is 1.06 bits per heavy atom. The number of ether oxygens (including phenoxy) is 2. The first-order chi connectivity index (χ1) is 15.0. The highest BCUT2D eigenvalue weighted by molar-refractivity contribution is 6.03. The molecule has 0 bridgehead atoms. The summed E-state index contributed by atoms with van der Waals surface area (Å²) in [7, 11) is 1.60. The molecule has 31 heavy (non-hydrogen) atoms. The number of amides is 1. The average molecular weight is 416 g/mol. The van der Waals surface area contributed by atoms with Gasteiger partial charge in [0.2, 0.25) is 5.91 Å². The van der Waals surface area contributed by atoms with Crippen molar-refractivity contribution in [2.45, 2.75) is 26.0 Å². The number of hydrazone groups is 1. The van der Waals surface area contributed by atoms with Crippen molar-refractivity contribution >= 4 is 11.6 Å². The number of hydrogen-bond donors (Lipinski definition) is 1. The Balaban J connectivity index is 1.56. The third-order valence-corrected chi connectivity index (χ3v) is 5.24. The van der Waals surface area contributed by atoms with Gasteiger partial charge in [-0.15, -0.1) is 0 Å². The molecule has 6 heteroatoms. The summed E-state index contributed by atoms with van der Waals surface area (Å²) in [6, 6.07) is 22.2. The van der Waals surface area contributed by atoms with Crippen molar-refractivity contribution in [1.29, 1.82) is 0 Å². The number of benzene rings is 3. The van der Waals surface area contributed by atoms with E-state index in [0.717, 1.165) is 22.4 Å². The number of rotatable bonds is 6. The fraction of sp³-hybridized carbons (Fsp3) is 0.200. The topological polar surface area (TPSA) is 71.4 Å². The molecule has 4 rings (SSSR count). The zero-order valence-electron chi connectivity index (χ0n) is 17.5. The number of methoxy groups -OCH3 is 1. The Bertz CT molecular complexity index is 1090. The van der Waals surface area contributed by atoms with Gasteiger partial charge in [-0.3, -0.25) is 4.79 Å². The summed E-state index contributed by atoms with van der Waals surface area (Å²) in [4.78, 5) is 12.3. The van der Waals surface area contributed by atoms with Gasteiger partial charge in [0, 0.05) is 13.3 Å². The Morgan fingerprint density at radius 3 is 2.48 bits per heavy atom. The van der Waals surface area contributed by atoms with E-state index in [-0.39, 0.29) is 17.7 Å². The van der Waals surface area contributed by atoms with Gasteiger partial charge in [-0.2, -0.15) is 5.10 Å². The Morgan fingerprint density at radius 2 is 1.81 bits per heavy atom. The monoisotopic (exact) mass is 416 g/mol. The van der Waals surface area contributed by atoms with Crippen LogP contribution in [0, 0.1) is 0 Å². The molecule has 1 amide bonds. The minimum Gasteiger partial charge on any atom is -0.508 e. The first-order valence-corrected chi connectivity index (χ1v) is 10.1. The standard InChI is InChI=1S/C25H24N2O4/c1-17(28)27-23(15-22(26-27)19-8-11-21(29)12-9-19)20-10-13-24(25(14-20)30-2)31-16-18-6-4-3-5-7-18/h3-14,23,29H,15-16H2,1-2H3/t23-/m1/s1. The molecule has 3 aromatic carbocycles. The van der Waals surface area contributed by atoms with Crippen LogP contribution in [0.25, 0.3) is 0 Å². The normalized spacial score (nSPS) is 15.5. The van der Waals surface area contributed by atoms with E-state index >= 15 is 0 Å². The van der Waals surface area contributed by atoms with Gasteiger partial charge in [-0.1, -0.05) is 36.4 Å². The molecule has 1 N–H and O–H groups in total. The number of nitrogens with zero attached hydrogens (tertiary/aromatic N) is 2. The third kappa shape index (κ3) is 4.53. The molecule has 1 aliphatic rings. The SMILES string of the molecule is COc1cc([C@H]2CC(c3ccc(O)cc3)=NN2C(C)=O)ccc1OCc1ccccc1. The van der Waals surface area contributed by atoms with Gasteiger partial charge in [-0.25, -0.2) is 5.01 Å². The maximum atomic E-state index is 12.3. The smallest absolute Gasteiger partial charge is 0.240 e. The van der Waals surface area contributed by atoms with E-state index in [1.165, 1.54) is 11.9 Å². The van der Waals surface area contributed by atoms with Crippen molar-refractivity contribution < 1.29 is 19.4 Å². The lowest BCUT2D eigenvalue weighted by Gasteiger charge is -2.21. The van der Waals surface area contributed by atoms with Crippen LogP contribution in [0.3, 0.4) is 0 Å². The van der Waals surface area contributed by atoms with Crippen LogP contribution in [-0.4, -0.2) is 28.8 Å². The lowest BCUT2D eigenvalue weighted by Crippen LogP contribution is -2.24. The highest BCUT2D eigenvalue weighted by Gasteiger charge is 2.32. The molecule has 0 aliphatic carbocycles. The van der Waals surface area contributed by atoms with Crippen molar-refractivity contribution in [1.82, 2.24) is 5.01 Å². The van der Waals surface area contributed by atoms with Gasteiger partial charge >= 0.3 is 0 Å². The largest absolute Gasteiger partial charge is 0.508 e. The van der Waals surface area contributed by atoms with E-state index in [0.29, 0.717) is 24.5 Å². The van der Waals surface area contributed by atoms with Gasteiger partial charge in [0.25, 0.3) is 0 Å². The van der Waals surface area contributed by atoms with Crippen LogP contribution in [0.1, 0.15) is 36.1 Å². The van der Waals surface area contributed by atoms with Crippen LogP contribution in [0.4, 0.5) is 0 Å². The number of phenolic OH excluding ortho intramolecular Hbond substituents is 1. The lowest BCUT2D eigenvalue weighted by molar-refractivity contribution is -0.130. The minimum absolute atomic E-state index is 0.137. The summed E-state index contributed by atoms with van der Waals surface area (Å²) in [6.07, 6.45) is 0.567. The maximum absolute atomic E-state index is 12.3. The van der Waals surface area contributed by atoms with E-state index in [4.69, 9.17) is 9.47 Å². The molecule has 1 atom stereocenters. The van der Waals surface area contributed by atoms with Crippen molar-refractivity contribution in [3.8, 4) is 17.2 Å².